The van der Waals surface area contributed by atoms with E-state index in [1.165, 1.54) is 0 Å². The van der Waals surface area contributed by atoms with Crippen LogP contribution >= 0.6 is 0 Å². The lowest BCUT2D eigenvalue weighted by atomic mass is 10.0. The summed E-state index contributed by atoms with van der Waals surface area (Å²) in [5.74, 6) is -0.0369. The Balaban J connectivity index is 1.62. The molecular formula is C18H19NO2. The molecule has 1 N–H and O–H groups in total. The summed E-state index contributed by atoms with van der Waals surface area (Å²) in [6, 6.07) is 17.8. The smallest absolute Gasteiger partial charge is 0.251 e. The average Bonchev–Trinajstić information content (AvgIpc) is 3.07. The molecule has 0 saturated carbocycles. The number of rotatable bonds is 4. The van der Waals surface area contributed by atoms with E-state index in [1.807, 2.05) is 42.5 Å². The van der Waals surface area contributed by atoms with Gasteiger partial charge in [0, 0.05) is 18.7 Å². The highest BCUT2D eigenvalue weighted by atomic mass is 16.5. The van der Waals surface area contributed by atoms with Crippen LogP contribution in [0, 0.1) is 0 Å². The molecule has 2 aromatic rings. The number of carbonyl (C=O) groups excluding carboxylic acids is 1. The van der Waals surface area contributed by atoms with Crippen LogP contribution in [0.4, 0.5) is 0 Å². The maximum absolute atomic E-state index is 12.1. The Labute approximate surface area is 124 Å². The van der Waals surface area contributed by atoms with Crippen molar-refractivity contribution in [2.24, 2.45) is 0 Å². The number of hydrogen-bond acceptors (Lipinski definition) is 2. The van der Waals surface area contributed by atoms with Crippen LogP contribution in [0.2, 0.25) is 0 Å². The third-order valence-electron chi connectivity index (χ3n) is 3.77. The average molecular weight is 281 g/mol. The molecule has 0 aromatic heterocycles. The fourth-order valence-corrected chi connectivity index (χ4v) is 2.56. The van der Waals surface area contributed by atoms with Crippen LogP contribution in [0.5, 0.6) is 0 Å². The fourth-order valence-electron chi connectivity index (χ4n) is 2.56. The van der Waals surface area contributed by atoms with E-state index in [2.05, 4.69) is 17.4 Å². The van der Waals surface area contributed by atoms with E-state index in [-0.39, 0.29) is 12.0 Å². The molecule has 3 heteroatoms. The largest absolute Gasteiger partial charge is 0.376 e. The van der Waals surface area contributed by atoms with Crippen molar-refractivity contribution in [2.75, 3.05) is 13.2 Å². The van der Waals surface area contributed by atoms with Gasteiger partial charge in [-0.15, -0.1) is 0 Å². The summed E-state index contributed by atoms with van der Waals surface area (Å²) in [4.78, 5) is 12.1. The summed E-state index contributed by atoms with van der Waals surface area (Å²) in [6.07, 6.45) is 2.30. The Morgan fingerprint density at radius 2 is 1.76 bits per heavy atom. The van der Waals surface area contributed by atoms with Crippen molar-refractivity contribution in [1.82, 2.24) is 5.32 Å². The van der Waals surface area contributed by atoms with Crippen molar-refractivity contribution in [3.63, 3.8) is 0 Å². The maximum atomic E-state index is 12.1. The Morgan fingerprint density at radius 1 is 1.05 bits per heavy atom. The third kappa shape index (κ3) is 3.50. The van der Waals surface area contributed by atoms with Crippen molar-refractivity contribution in [3.8, 4) is 11.1 Å². The molecule has 0 radical (unpaired) electrons. The predicted octanol–water partition coefficient (Wildman–Crippen LogP) is 3.26. The molecule has 108 valence electrons. The Bertz CT molecular complexity index is 586. The highest BCUT2D eigenvalue weighted by Crippen LogP contribution is 2.19. The van der Waals surface area contributed by atoms with Crippen LogP contribution in [0.15, 0.2) is 54.6 Å². The molecule has 3 rings (SSSR count). The first-order valence-electron chi connectivity index (χ1n) is 7.38. The van der Waals surface area contributed by atoms with Gasteiger partial charge in [0.25, 0.3) is 5.91 Å². The molecule has 21 heavy (non-hydrogen) atoms. The van der Waals surface area contributed by atoms with E-state index >= 15 is 0 Å². The summed E-state index contributed by atoms with van der Waals surface area (Å²) in [5, 5.41) is 2.94. The minimum atomic E-state index is -0.0369. The Hall–Kier alpha value is -2.13. The van der Waals surface area contributed by atoms with Gasteiger partial charge in [-0.3, -0.25) is 4.79 Å². The van der Waals surface area contributed by atoms with E-state index in [4.69, 9.17) is 4.74 Å². The summed E-state index contributed by atoms with van der Waals surface area (Å²) < 4.78 is 5.50. The molecule has 1 aliphatic heterocycles. The second-order valence-electron chi connectivity index (χ2n) is 5.29. The molecule has 0 spiro atoms. The van der Waals surface area contributed by atoms with Crippen LogP contribution in [0.1, 0.15) is 23.2 Å². The number of carbonyl (C=O) groups is 1. The third-order valence-corrected chi connectivity index (χ3v) is 3.77. The normalized spacial score (nSPS) is 17.6. The van der Waals surface area contributed by atoms with Gasteiger partial charge >= 0.3 is 0 Å². The second kappa shape index (κ2) is 6.55. The minimum absolute atomic E-state index is 0.0369. The van der Waals surface area contributed by atoms with Crippen molar-refractivity contribution in [2.45, 2.75) is 18.9 Å². The number of nitrogens with one attached hydrogen (secondary N) is 1. The van der Waals surface area contributed by atoms with E-state index in [0.717, 1.165) is 30.6 Å². The molecule has 2 aromatic carbocycles. The highest BCUT2D eigenvalue weighted by molar-refractivity contribution is 5.94. The minimum Gasteiger partial charge on any atom is -0.376 e. The number of amides is 1. The zero-order valence-electron chi connectivity index (χ0n) is 11.9. The van der Waals surface area contributed by atoms with Gasteiger partial charge in [0.15, 0.2) is 0 Å². The molecule has 1 fully saturated rings. The van der Waals surface area contributed by atoms with Gasteiger partial charge < -0.3 is 10.1 Å². The van der Waals surface area contributed by atoms with Gasteiger partial charge in [-0.25, -0.2) is 0 Å². The number of benzene rings is 2. The molecule has 1 saturated heterocycles. The summed E-state index contributed by atoms with van der Waals surface area (Å²) in [7, 11) is 0. The van der Waals surface area contributed by atoms with Gasteiger partial charge in [-0.2, -0.15) is 0 Å². The quantitative estimate of drug-likeness (QED) is 0.934. The molecule has 1 atom stereocenters. The van der Waals surface area contributed by atoms with Crippen LogP contribution in [-0.2, 0) is 4.74 Å². The monoisotopic (exact) mass is 281 g/mol. The fraction of sp³-hybridized carbons (Fsp3) is 0.278. The lowest BCUT2D eigenvalue weighted by Crippen LogP contribution is -2.31. The second-order valence-corrected chi connectivity index (χ2v) is 5.29. The number of hydrogen-bond donors (Lipinski definition) is 1. The number of ether oxygens (including phenoxy) is 1. The lowest BCUT2D eigenvalue weighted by molar-refractivity contribution is 0.0858. The van der Waals surface area contributed by atoms with E-state index in [1.54, 1.807) is 0 Å². The molecule has 1 heterocycles. The Morgan fingerprint density at radius 3 is 2.43 bits per heavy atom. The molecule has 0 unspecified atom stereocenters. The van der Waals surface area contributed by atoms with Gasteiger partial charge in [-0.1, -0.05) is 42.5 Å². The summed E-state index contributed by atoms with van der Waals surface area (Å²) in [6.45, 7) is 1.41. The molecular weight excluding hydrogens is 262 g/mol. The van der Waals surface area contributed by atoms with Gasteiger partial charge in [0.05, 0.1) is 6.10 Å². The molecule has 3 nitrogen and oxygen atoms in total. The molecule has 1 amide bonds. The molecule has 0 bridgehead atoms. The van der Waals surface area contributed by atoms with Gasteiger partial charge in [0.2, 0.25) is 0 Å². The molecule has 0 aliphatic carbocycles. The maximum Gasteiger partial charge on any atom is 0.251 e. The first kappa shape index (κ1) is 13.8. The lowest BCUT2D eigenvalue weighted by Gasteiger charge is -2.11. The van der Waals surface area contributed by atoms with Crippen molar-refractivity contribution in [1.29, 1.82) is 0 Å². The highest BCUT2D eigenvalue weighted by Gasteiger charge is 2.16. The summed E-state index contributed by atoms with van der Waals surface area (Å²) >= 11 is 0. The standard InChI is InChI=1S/C18H19NO2/c20-18(19-13-17-7-4-12-21-17)16-10-8-15(9-11-16)14-5-2-1-3-6-14/h1-3,5-6,8-11,17H,4,7,12-13H2,(H,19,20)/t17-/m0/s1. The van der Waals surface area contributed by atoms with Crippen LogP contribution in [0.25, 0.3) is 11.1 Å². The first-order chi connectivity index (χ1) is 10.3. The van der Waals surface area contributed by atoms with Gasteiger partial charge in [0.1, 0.15) is 0 Å². The zero-order valence-corrected chi connectivity index (χ0v) is 11.9. The van der Waals surface area contributed by atoms with Gasteiger partial charge in [-0.05, 0) is 36.1 Å². The first-order valence-corrected chi connectivity index (χ1v) is 7.38. The topological polar surface area (TPSA) is 38.3 Å². The van der Waals surface area contributed by atoms with E-state index in [9.17, 15) is 4.79 Å². The van der Waals surface area contributed by atoms with E-state index in [0.29, 0.717) is 12.1 Å². The SMILES string of the molecule is O=C(NC[C@@H]1CCCO1)c1ccc(-c2ccccc2)cc1. The predicted molar refractivity (Wildman–Crippen MR) is 83.2 cm³/mol. The van der Waals surface area contributed by atoms with Crippen molar-refractivity contribution >= 4 is 5.91 Å². The van der Waals surface area contributed by atoms with Crippen LogP contribution < -0.4 is 5.32 Å². The molecule has 1 aliphatic rings. The van der Waals surface area contributed by atoms with E-state index < -0.39 is 0 Å². The van der Waals surface area contributed by atoms with Crippen molar-refractivity contribution in [3.05, 3.63) is 60.2 Å². The van der Waals surface area contributed by atoms with Crippen molar-refractivity contribution < 1.29 is 9.53 Å². The van der Waals surface area contributed by atoms with Crippen LogP contribution in [-0.4, -0.2) is 25.2 Å². The van der Waals surface area contributed by atoms with Crippen LogP contribution in [0.3, 0.4) is 0 Å². The Kier molecular flexibility index (Phi) is 4.31. The summed E-state index contributed by atoms with van der Waals surface area (Å²) in [5.41, 5.74) is 2.96. The zero-order chi connectivity index (χ0) is 14.5.